The zero-order valence-electron chi connectivity index (χ0n) is 14.4. The predicted molar refractivity (Wildman–Crippen MR) is 100 cm³/mol. The first-order valence-corrected chi connectivity index (χ1v) is 9.26. The molecule has 25 heavy (non-hydrogen) atoms. The molecule has 3 rings (SSSR count). The number of carbonyl (C=O) groups is 1. The van der Waals surface area contributed by atoms with Gasteiger partial charge in [0.2, 0.25) is 0 Å². The van der Waals surface area contributed by atoms with Crippen molar-refractivity contribution >= 4 is 17.7 Å². The number of carbonyl (C=O) groups excluding carboxylic acids is 1. The van der Waals surface area contributed by atoms with Crippen LogP contribution in [-0.4, -0.2) is 37.5 Å². The van der Waals surface area contributed by atoms with E-state index in [1.54, 1.807) is 19.2 Å². The first-order chi connectivity index (χ1) is 12.2. The van der Waals surface area contributed by atoms with E-state index < -0.39 is 0 Å². The molecule has 0 unspecified atom stereocenters. The maximum atomic E-state index is 12.5. The van der Waals surface area contributed by atoms with Crippen LogP contribution >= 0.6 is 11.8 Å². The lowest BCUT2D eigenvalue weighted by Gasteiger charge is -2.36. The van der Waals surface area contributed by atoms with E-state index in [-0.39, 0.29) is 10.7 Å². The monoisotopic (exact) mass is 357 g/mol. The van der Waals surface area contributed by atoms with E-state index in [9.17, 15) is 4.79 Å². The fourth-order valence-corrected chi connectivity index (χ4v) is 4.21. The minimum atomic E-state index is -0.0709. The van der Waals surface area contributed by atoms with Crippen LogP contribution in [0.15, 0.2) is 59.5 Å². The van der Waals surface area contributed by atoms with Gasteiger partial charge in [-0.1, -0.05) is 24.3 Å². The van der Waals surface area contributed by atoms with Gasteiger partial charge in [-0.25, -0.2) is 0 Å². The molecule has 2 aromatic rings. The van der Waals surface area contributed by atoms with Crippen molar-refractivity contribution in [2.24, 2.45) is 0 Å². The molecule has 0 atom stereocenters. The third-order valence-corrected chi connectivity index (χ3v) is 5.88. The van der Waals surface area contributed by atoms with E-state index in [2.05, 4.69) is 17.4 Å². The third-order valence-electron chi connectivity index (χ3n) is 4.38. The normalized spacial score (nSPS) is 16.2. The van der Waals surface area contributed by atoms with Gasteiger partial charge in [-0.3, -0.25) is 4.79 Å². The van der Waals surface area contributed by atoms with Gasteiger partial charge in [0.25, 0.3) is 5.91 Å². The molecule has 0 aromatic heterocycles. The molecule has 132 valence electrons. The standard InChI is InChI=1S/C20H23NO3S/c1-23-17-7-5-6-16(14-17)19(22)21-15-20(10-12-24-13-11-20)25-18-8-3-2-4-9-18/h2-9,14H,10-13,15H2,1H3,(H,21,22). The lowest BCUT2D eigenvalue weighted by Crippen LogP contribution is -2.44. The Bertz CT molecular complexity index is 699. The van der Waals surface area contributed by atoms with Crippen LogP contribution in [0.25, 0.3) is 0 Å². The molecule has 1 amide bonds. The Morgan fingerprint density at radius 3 is 2.64 bits per heavy atom. The zero-order chi connectivity index (χ0) is 17.5. The second-order valence-corrected chi connectivity index (χ2v) is 7.67. The predicted octanol–water partition coefficient (Wildman–Crippen LogP) is 3.77. The maximum absolute atomic E-state index is 12.5. The van der Waals surface area contributed by atoms with Crippen LogP contribution in [0, 0.1) is 0 Å². The van der Waals surface area contributed by atoms with Crippen molar-refractivity contribution in [2.75, 3.05) is 26.9 Å². The molecule has 0 spiro atoms. The molecule has 0 saturated carbocycles. The van der Waals surface area contributed by atoms with Crippen LogP contribution < -0.4 is 10.1 Å². The summed E-state index contributed by atoms with van der Waals surface area (Å²) in [6.07, 6.45) is 1.84. The Balaban J connectivity index is 1.69. The fourth-order valence-electron chi connectivity index (χ4n) is 2.90. The van der Waals surface area contributed by atoms with Crippen LogP contribution in [-0.2, 0) is 4.74 Å². The van der Waals surface area contributed by atoms with Crippen molar-refractivity contribution in [3.05, 3.63) is 60.2 Å². The molecular formula is C20H23NO3S. The molecule has 0 aliphatic carbocycles. The van der Waals surface area contributed by atoms with Gasteiger partial charge >= 0.3 is 0 Å². The Hall–Kier alpha value is -1.98. The van der Waals surface area contributed by atoms with E-state index >= 15 is 0 Å². The first-order valence-electron chi connectivity index (χ1n) is 8.45. The van der Waals surface area contributed by atoms with Crippen LogP contribution in [0.3, 0.4) is 0 Å². The molecule has 1 aliphatic rings. The maximum Gasteiger partial charge on any atom is 0.251 e. The number of amides is 1. The third kappa shape index (κ3) is 4.77. The molecule has 5 heteroatoms. The Morgan fingerprint density at radius 1 is 1.16 bits per heavy atom. The van der Waals surface area contributed by atoms with Crippen LogP contribution in [0.1, 0.15) is 23.2 Å². The van der Waals surface area contributed by atoms with E-state index in [4.69, 9.17) is 9.47 Å². The summed E-state index contributed by atoms with van der Waals surface area (Å²) in [6.45, 7) is 2.08. The summed E-state index contributed by atoms with van der Waals surface area (Å²) in [4.78, 5) is 13.8. The van der Waals surface area contributed by atoms with E-state index in [1.807, 2.05) is 42.1 Å². The van der Waals surface area contributed by atoms with E-state index in [0.717, 1.165) is 26.1 Å². The van der Waals surface area contributed by atoms with E-state index in [1.165, 1.54) is 4.90 Å². The minimum Gasteiger partial charge on any atom is -0.497 e. The Morgan fingerprint density at radius 2 is 1.92 bits per heavy atom. The highest BCUT2D eigenvalue weighted by Crippen LogP contribution is 2.40. The lowest BCUT2D eigenvalue weighted by molar-refractivity contribution is 0.0741. The molecule has 1 saturated heterocycles. The first kappa shape index (κ1) is 17.8. The molecule has 0 bridgehead atoms. The average molecular weight is 357 g/mol. The Kier molecular flexibility index (Phi) is 6.00. The van der Waals surface area contributed by atoms with Crippen LogP contribution in [0.5, 0.6) is 5.75 Å². The van der Waals surface area contributed by atoms with Crippen LogP contribution in [0.4, 0.5) is 0 Å². The molecule has 1 aliphatic heterocycles. The van der Waals surface area contributed by atoms with Crippen molar-refractivity contribution in [1.82, 2.24) is 5.32 Å². The summed E-state index contributed by atoms with van der Waals surface area (Å²) in [5.41, 5.74) is 0.617. The second kappa shape index (κ2) is 8.41. The molecule has 0 radical (unpaired) electrons. The van der Waals surface area contributed by atoms with Gasteiger partial charge in [0.1, 0.15) is 5.75 Å². The lowest BCUT2D eigenvalue weighted by atomic mass is 9.99. The topological polar surface area (TPSA) is 47.6 Å². The zero-order valence-corrected chi connectivity index (χ0v) is 15.2. The van der Waals surface area contributed by atoms with Gasteiger partial charge in [-0.05, 0) is 43.2 Å². The Labute approximate surface area is 152 Å². The van der Waals surface area contributed by atoms with Gasteiger partial charge in [0, 0.05) is 35.0 Å². The van der Waals surface area contributed by atoms with Gasteiger partial charge in [0.05, 0.1) is 7.11 Å². The summed E-state index contributed by atoms with van der Waals surface area (Å²) in [5, 5.41) is 3.11. The number of rotatable bonds is 6. The second-order valence-electron chi connectivity index (χ2n) is 6.13. The summed E-state index contributed by atoms with van der Waals surface area (Å²) in [7, 11) is 1.60. The summed E-state index contributed by atoms with van der Waals surface area (Å²) >= 11 is 1.84. The minimum absolute atomic E-state index is 0.0336. The quantitative estimate of drug-likeness (QED) is 0.855. The van der Waals surface area contributed by atoms with Crippen molar-refractivity contribution in [3.63, 3.8) is 0 Å². The number of benzene rings is 2. The highest BCUT2D eigenvalue weighted by Gasteiger charge is 2.34. The average Bonchev–Trinajstić information content (AvgIpc) is 2.68. The molecule has 1 fully saturated rings. The summed E-state index contributed by atoms with van der Waals surface area (Å²) < 4.78 is 10.7. The van der Waals surface area contributed by atoms with Gasteiger partial charge in [-0.2, -0.15) is 0 Å². The number of ether oxygens (including phenoxy) is 2. The number of hydrogen-bond donors (Lipinski definition) is 1. The smallest absolute Gasteiger partial charge is 0.251 e. The van der Waals surface area contributed by atoms with Crippen molar-refractivity contribution in [3.8, 4) is 5.75 Å². The van der Waals surface area contributed by atoms with E-state index in [0.29, 0.717) is 17.9 Å². The molecular weight excluding hydrogens is 334 g/mol. The largest absolute Gasteiger partial charge is 0.497 e. The number of hydrogen-bond acceptors (Lipinski definition) is 4. The molecule has 1 N–H and O–H groups in total. The van der Waals surface area contributed by atoms with Gasteiger partial charge in [-0.15, -0.1) is 11.8 Å². The molecule has 2 aromatic carbocycles. The summed E-state index contributed by atoms with van der Waals surface area (Å²) in [6, 6.07) is 17.6. The van der Waals surface area contributed by atoms with Gasteiger partial charge in [0.15, 0.2) is 0 Å². The fraction of sp³-hybridized carbons (Fsp3) is 0.350. The number of methoxy groups -OCH3 is 1. The van der Waals surface area contributed by atoms with Gasteiger partial charge < -0.3 is 14.8 Å². The number of thioether (sulfide) groups is 1. The SMILES string of the molecule is COc1cccc(C(=O)NCC2(Sc3ccccc3)CCOCC2)c1. The van der Waals surface area contributed by atoms with Crippen molar-refractivity contribution in [2.45, 2.75) is 22.5 Å². The number of nitrogens with one attached hydrogen (secondary N) is 1. The highest BCUT2D eigenvalue weighted by molar-refractivity contribution is 8.00. The molecule has 1 heterocycles. The van der Waals surface area contributed by atoms with Crippen molar-refractivity contribution < 1.29 is 14.3 Å². The highest BCUT2D eigenvalue weighted by atomic mass is 32.2. The molecule has 4 nitrogen and oxygen atoms in total. The van der Waals surface area contributed by atoms with Crippen molar-refractivity contribution in [1.29, 1.82) is 0 Å². The summed E-state index contributed by atoms with van der Waals surface area (Å²) in [5.74, 6) is 0.616. The van der Waals surface area contributed by atoms with Crippen LogP contribution in [0.2, 0.25) is 0 Å².